The molecule has 0 spiro atoms. The normalized spacial score (nSPS) is 14.7. The van der Waals surface area contributed by atoms with E-state index in [-0.39, 0.29) is 11.9 Å². The quantitative estimate of drug-likeness (QED) is 0.504. The number of H-pyrrole nitrogens is 1. The number of hydrogen-bond donors (Lipinski definition) is 1. The topological polar surface area (TPSA) is 49.0 Å². The van der Waals surface area contributed by atoms with Crippen LogP contribution in [0.2, 0.25) is 10.0 Å². The monoisotopic (exact) mass is 427 g/mol. The zero-order valence-electron chi connectivity index (χ0n) is 16.3. The number of aromatic nitrogens is 2. The molecule has 0 saturated heterocycles. The van der Waals surface area contributed by atoms with Crippen LogP contribution in [0.15, 0.2) is 48.5 Å². The Kier molecular flexibility index (Phi) is 5.93. The highest BCUT2D eigenvalue weighted by molar-refractivity contribution is 6.31. The van der Waals surface area contributed by atoms with E-state index in [9.17, 15) is 4.79 Å². The molecule has 3 aromatic rings. The van der Waals surface area contributed by atoms with Crippen LogP contribution >= 0.6 is 23.2 Å². The number of anilines is 1. The van der Waals surface area contributed by atoms with Gasteiger partial charge in [0.2, 0.25) is 0 Å². The van der Waals surface area contributed by atoms with Crippen LogP contribution in [0.25, 0.3) is 11.4 Å². The van der Waals surface area contributed by atoms with E-state index in [4.69, 9.17) is 23.2 Å². The molecule has 1 fully saturated rings. The van der Waals surface area contributed by atoms with Crippen LogP contribution in [0.4, 0.5) is 5.69 Å². The summed E-state index contributed by atoms with van der Waals surface area (Å²) in [5.41, 5.74) is 2.91. The summed E-state index contributed by atoms with van der Waals surface area (Å²) in [6, 6.07) is 15.1. The number of amides is 1. The van der Waals surface area contributed by atoms with Gasteiger partial charge in [-0.1, -0.05) is 54.6 Å². The summed E-state index contributed by atoms with van der Waals surface area (Å²) in [5, 5.41) is 1.29. The van der Waals surface area contributed by atoms with Crippen molar-refractivity contribution in [2.75, 3.05) is 4.90 Å². The van der Waals surface area contributed by atoms with E-state index in [1.165, 1.54) is 6.42 Å². The Labute approximate surface area is 180 Å². The first-order chi connectivity index (χ1) is 14.0. The van der Waals surface area contributed by atoms with E-state index in [1.54, 1.807) is 0 Å². The average Bonchev–Trinajstić information content (AvgIpc) is 3.12. The molecular weight excluding hydrogens is 405 g/mol. The fourth-order valence-corrected chi connectivity index (χ4v) is 4.31. The zero-order chi connectivity index (χ0) is 20.4. The number of hydrogen-bond acceptors (Lipinski definition) is 2. The fraction of sp³-hybridized carbons (Fsp3) is 0.304. The van der Waals surface area contributed by atoms with Gasteiger partial charge in [0.15, 0.2) is 0 Å². The summed E-state index contributed by atoms with van der Waals surface area (Å²) in [4.78, 5) is 23.4. The van der Waals surface area contributed by atoms with E-state index in [0.29, 0.717) is 21.6 Å². The number of rotatable bonds is 4. The smallest absolute Gasteiger partial charge is 0.279 e. The molecule has 1 N–H and O–H groups in total. The standard InChI is InChI=1S/C23H23Cl2N3O/c1-15-21(27-22(26-15)16-6-5-7-18(25)14-16)23(29)28(19-8-3-2-4-9-19)20-12-10-17(24)11-13-20/h5-7,10-14,19H,2-4,8-9H2,1H3,(H,26,27). The van der Waals surface area contributed by atoms with Gasteiger partial charge in [0.1, 0.15) is 11.5 Å². The lowest BCUT2D eigenvalue weighted by atomic mass is 9.93. The first kappa shape index (κ1) is 20.0. The number of carbonyl (C=O) groups is 1. The van der Waals surface area contributed by atoms with Gasteiger partial charge in [0.25, 0.3) is 5.91 Å². The highest BCUT2D eigenvalue weighted by Crippen LogP contribution is 2.31. The van der Waals surface area contributed by atoms with E-state index < -0.39 is 0 Å². The summed E-state index contributed by atoms with van der Waals surface area (Å²) in [6.45, 7) is 1.88. The van der Waals surface area contributed by atoms with Gasteiger partial charge in [-0.3, -0.25) is 4.79 Å². The average molecular weight is 428 g/mol. The van der Waals surface area contributed by atoms with Crippen molar-refractivity contribution < 1.29 is 4.79 Å². The molecule has 2 aromatic carbocycles. The molecule has 1 heterocycles. The largest absolute Gasteiger partial charge is 0.341 e. The third-order valence-corrected chi connectivity index (χ3v) is 5.94. The van der Waals surface area contributed by atoms with Crippen molar-refractivity contribution >= 4 is 34.8 Å². The Morgan fingerprint density at radius 2 is 1.76 bits per heavy atom. The third-order valence-electron chi connectivity index (χ3n) is 5.45. The first-order valence-electron chi connectivity index (χ1n) is 9.94. The van der Waals surface area contributed by atoms with Crippen LogP contribution in [0, 0.1) is 6.92 Å². The van der Waals surface area contributed by atoms with Crippen molar-refractivity contribution in [1.82, 2.24) is 9.97 Å². The number of nitrogens with one attached hydrogen (secondary N) is 1. The predicted octanol–water partition coefficient (Wildman–Crippen LogP) is 6.67. The van der Waals surface area contributed by atoms with Crippen LogP contribution in [0.1, 0.15) is 48.3 Å². The summed E-state index contributed by atoms with van der Waals surface area (Å²) in [7, 11) is 0. The minimum absolute atomic E-state index is 0.0822. The molecule has 6 heteroatoms. The SMILES string of the molecule is Cc1[nH]c(-c2cccc(Cl)c2)nc1C(=O)N(c1ccc(Cl)cc1)C1CCCCC1. The van der Waals surface area contributed by atoms with Crippen molar-refractivity contribution in [2.24, 2.45) is 0 Å². The van der Waals surface area contributed by atoms with Crippen LogP contribution in [0.3, 0.4) is 0 Å². The number of aryl methyl sites for hydroxylation is 1. The molecule has 0 radical (unpaired) electrons. The van der Waals surface area contributed by atoms with Gasteiger partial charge in [0.05, 0.1) is 0 Å². The Morgan fingerprint density at radius 1 is 1.03 bits per heavy atom. The summed E-state index contributed by atoms with van der Waals surface area (Å²) < 4.78 is 0. The molecule has 0 atom stereocenters. The maximum Gasteiger partial charge on any atom is 0.279 e. The molecule has 1 aliphatic carbocycles. The Bertz CT molecular complexity index is 1010. The third kappa shape index (κ3) is 4.34. The molecule has 4 rings (SSSR count). The molecule has 1 aliphatic rings. The number of nitrogens with zero attached hydrogens (tertiary/aromatic N) is 2. The molecule has 0 aliphatic heterocycles. The lowest BCUT2D eigenvalue weighted by molar-refractivity contribution is 0.0965. The van der Waals surface area contributed by atoms with E-state index in [1.807, 2.05) is 60.4 Å². The van der Waals surface area contributed by atoms with Crippen LogP contribution in [0.5, 0.6) is 0 Å². The zero-order valence-corrected chi connectivity index (χ0v) is 17.8. The minimum atomic E-state index is -0.0822. The Hall–Kier alpha value is -2.30. The van der Waals surface area contributed by atoms with Gasteiger partial charge in [-0.05, 0) is 56.2 Å². The second-order valence-corrected chi connectivity index (χ2v) is 8.39. The number of aromatic amines is 1. The van der Waals surface area contributed by atoms with Gasteiger partial charge < -0.3 is 9.88 Å². The summed E-state index contributed by atoms with van der Waals surface area (Å²) in [5.74, 6) is 0.564. The van der Waals surface area contributed by atoms with E-state index in [0.717, 1.165) is 42.6 Å². The minimum Gasteiger partial charge on any atom is -0.341 e. The lowest BCUT2D eigenvalue weighted by Crippen LogP contribution is -2.42. The van der Waals surface area contributed by atoms with Gasteiger partial charge in [-0.2, -0.15) is 0 Å². The molecule has 1 aromatic heterocycles. The van der Waals surface area contributed by atoms with Crippen molar-refractivity contribution in [3.05, 3.63) is 70.0 Å². The van der Waals surface area contributed by atoms with E-state index >= 15 is 0 Å². The Balaban J connectivity index is 1.71. The highest BCUT2D eigenvalue weighted by atomic mass is 35.5. The molecular formula is C23H23Cl2N3O. The van der Waals surface area contributed by atoms with Gasteiger partial charge in [-0.25, -0.2) is 4.98 Å². The van der Waals surface area contributed by atoms with Gasteiger partial charge in [-0.15, -0.1) is 0 Å². The molecule has 1 amide bonds. The molecule has 4 nitrogen and oxygen atoms in total. The van der Waals surface area contributed by atoms with Crippen molar-refractivity contribution in [2.45, 2.75) is 45.1 Å². The number of carbonyl (C=O) groups excluding carboxylic acids is 1. The second kappa shape index (κ2) is 8.60. The molecule has 0 bridgehead atoms. The summed E-state index contributed by atoms with van der Waals surface area (Å²) >= 11 is 12.2. The van der Waals surface area contributed by atoms with Crippen LogP contribution in [-0.4, -0.2) is 21.9 Å². The highest BCUT2D eigenvalue weighted by Gasteiger charge is 2.30. The number of imidazole rings is 1. The Morgan fingerprint density at radius 3 is 2.45 bits per heavy atom. The maximum atomic E-state index is 13.6. The summed E-state index contributed by atoms with van der Waals surface area (Å²) in [6.07, 6.45) is 5.49. The molecule has 29 heavy (non-hydrogen) atoms. The first-order valence-corrected chi connectivity index (χ1v) is 10.7. The van der Waals surface area contributed by atoms with Gasteiger partial charge in [0, 0.05) is 33.0 Å². The van der Waals surface area contributed by atoms with Crippen molar-refractivity contribution in [1.29, 1.82) is 0 Å². The van der Waals surface area contributed by atoms with Crippen LogP contribution in [-0.2, 0) is 0 Å². The van der Waals surface area contributed by atoms with Gasteiger partial charge >= 0.3 is 0 Å². The molecule has 0 unspecified atom stereocenters. The van der Waals surface area contributed by atoms with Crippen molar-refractivity contribution in [3.63, 3.8) is 0 Å². The lowest BCUT2D eigenvalue weighted by Gasteiger charge is -2.34. The van der Waals surface area contributed by atoms with Crippen molar-refractivity contribution in [3.8, 4) is 11.4 Å². The van der Waals surface area contributed by atoms with Crippen LogP contribution < -0.4 is 4.90 Å². The molecule has 1 saturated carbocycles. The predicted molar refractivity (Wildman–Crippen MR) is 119 cm³/mol. The maximum absolute atomic E-state index is 13.6. The fourth-order valence-electron chi connectivity index (χ4n) is 3.99. The van der Waals surface area contributed by atoms with E-state index in [2.05, 4.69) is 9.97 Å². The number of benzene rings is 2. The second-order valence-electron chi connectivity index (χ2n) is 7.51. The molecule has 150 valence electrons. The number of halogens is 2.